The van der Waals surface area contributed by atoms with Crippen molar-refractivity contribution in [3.8, 4) is 0 Å². The monoisotopic (exact) mass is 218 g/mol. The molecule has 0 N–H and O–H groups in total. The molecule has 0 spiro atoms. The molecule has 0 saturated carbocycles. The number of hydrogen-bond donors (Lipinski definition) is 0. The molecule has 4 heteroatoms. The minimum absolute atomic E-state index is 0.720. The lowest BCUT2D eigenvalue weighted by molar-refractivity contribution is 0.396. The van der Waals surface area contributed by atoms with Crippen molar-refractivity contribution in [2.75, 3.05) is 6.61 Å². The Bertz CT molecular complexity index is 250. The fourth-order valence-corrected chi connectivity index (χ4v) is 4.25. The molecule has 1 unspecified atom stereocenters. The second-order valence-corrected chi connectivity index (χ2v) is 7.17. The Labute approximate surface area is 82.8 Å². The zero-order valence-electron chi connectivity index (χ0n) is 6.82. The van der Waals surface area contributed by atoms with Crippen molar-refractivity contribution in [1.29, 1.82) is 0 Å². The molecule has 0 fully saturated rings. The molecule has 66 valence electrons. The summed E-state index contributed by atoms with van der Waals surface area (Å²) in [6.45, 7) is 2.69. The van der Waals surface area contributed by atoms with Crippen LogP contribution < -0.4 is 0 Å². The van der Waals surface area contributed by atoms with Gasteiger partial charge in [-0.3, -0.25) is 0 Å². The maximum Gasteiger partial charge on any atom is 0.112 e. The highest BCUT2D eigenvalue weighted by Crippen LogP contribution is 2.44. The zero-order chi connectivity index (χ0) is 8.81. The van der Waals surface area contributed by atoms with Gasteiger partial charge in [-0.2, -0.15) is 0 Å². The van der Waals surface area contributed by atoms with Gasteiger partial charge in [-0.1, -0.05) is 41.4 Å². The standard InChI is InChI=1S/C8H11OPS2/c1-2-9-10(11)12-8-6-4-3-5-7-8/h3-7,10H,2H2,1H3. The lowest BCUT2D eigenvalue weighted by Gasteiger charge is -2.03. The third-order valence-corrected chi connectivity index (χ3v) is 5.07. The van der Waals surface area contributed by atoms with Gasteiger partial charge in [-0.05, 0) is 19.1 Å². The molecule has 1 aromatic carbocycles. The highest BCUT2D eigenvalue weighted by molar-refractivity contribution is 8.62. The molecule has 0 aliphatic rings. The molecular formula is C8H11OPS2. The Morgan fingerprint density at radius 2 is 2.08 bits per heavy atom. The summed E-state index contributed by atoms with van der Waals surface area (Å²) in [5.41, 5.74) is 0. The fraction of sp³-hybridized carbons (Fsp3) is 0.250. The second kappa shape index (κ2) is 5.76. The van der Waals surface area contributed by atoms with E-state index in [4.69, 9.17) is 16.3 Å². The fourth-order valence-electron chi connectivity index (χ4n) is 0.732. The molecule has 0 heterocycles. The van der Waals surface area contributed by atoms with Gasteiger partial charge in [-0.25, -0.2) is 0 Å². The van der Waals surface area contributed by atoms with E-state index in [2.05, 4.69) is 12.1 Å². The summed E-state index contributed by atoms with van der Waals surface area (Å²) in [6, 6.07) is 10.1. The maximum atomic E-state index is 5.33. The van der Waals surface area contributed by atoms with Crippen molar-refractivity contribution in [2.45, 2.75) is 11.8 Å². The highest BCUT2D eigenvalue weighted by atomic mass is 32.9. The van der Waals surface area contributed by atoms with Crippen LogP contribution in [-0.4, -0.2) is 6.61 Å². The van der Waals surface area contributed by atoms with E-state index in [0.717, 1.165) is 6.61 Å². The summed E-state index contributed by atoms with van der Waals surface area (Å²) >= 11 is 6.82. The van der Waals surface area contributed by atoms with Gasteiger partial charge in [0.1, 0.15) is 6.13 Å². The molecular weight excluding hydrogens is 207 g/mol. The van der Waals surface area contributed by atoms with Crippen LogP contribution in [0, 0.1) is 0 Å². The largest absolute Gasteiger partial charge is 0.344 e. The lowest BCUT2D eigenvalue weighted by atomic mass is 10.4. The summed E-state index contributed by atoms with van der Waals surface area (Å²) in [4.78, 5) is 1.20. The first kappa shape index (κ1) is 10.3. The van der Waals surface area contributed by atoms with Crippen molar-refractivity contribution in [3.05, 3.63) is 30.3 Å². The molecule has 0 aliphatic heterocycles. The second-order valence-electron chi connectivity index (χ2n) is 2.10. The van der Waals surface area contributed by atoms with Crippen molar-refractivity contribution < 1.29 is 4.52 Å². The van der Waals surface area contributed by atoms with Gasteiger partial charge in [0, 0.05) is 11.5 Å². The van der Waals surface area contributed by atoms with Crippen molar-refractivity contribution in [1.82, 2.24) is 0 Å². The topological polar surface area (TPSA) is 9.23 Å². The van der Waals surface area contributed by atoms with Crippen LogP contribution >= 0.6 is 17.5 Å². The Kier molecular flexibility index (Phi) is 4.93. The normalized spacial score (nSPS) is 12.8. The minimum Gasteiger partial charge on any atom is -0.344 e. The summed E-state index contributed by atoms with van der Waals surface area (Å²) in [5, 5.41) is 0. The first-order valence-corrected chi connectivity index (χ1v) is 7.81. The van der Waals surface area contributed by atoms with Crippen LogP contribution in [-0.2, 0) is 16.3 Å². The molecule has 0 aromatic heterocycles. The Morgan fingerprint density at radius 1 is 1.42 bits per heavy atom. The smallest absolute Gasteiger partial charge is 0.112 e. The van der Waals surface area contributed by atoms with Crippen molar-refractivity contribution >= 4 is 29.3 Å². The number of rotatable bonds is 4. The molecule has 0 amide bonds. The van der Waals surface area contributed by atoms with Gasteiger partial charge in [0.05, 0.1) is 0 Å². The van der Waals surface area contributed by atoms with Crippen LogP contribution in [0.2, 0.25) is 0 Å². The van der Waals surface area contributed by atoms with Gasteiger partial charge >= 0.3 is 0 Å². The molecule has 1 nitrogen and oxygen atoms in total. The molecule has 1 aromatic rings. The van der Waals surface area contributed by atoms with E-state index >= 15 is 0 Å². The Morgan fingerprint density at radius 3 is 2.67 bits per heavy atom. The predicted molar refractivity (Wildman–Crippen MR) is 59.6 cm³/mol. The summed E-state index contributed by atoms with van der Waals surface area (Å²) in [5.74, 6) is 0. The van der Waals surface area contributed by atoms with Crippen LogP contribution in [0.3, 0.4) is 0 Å². The van der Waals surface area contributed by atoms with Crippen LogP contribution in [0.1, 0.15) is 6.92 Å². The third-order valence-electron chi connectivity index (χ3n) is 1.21. The van der Waals surface area contributed by atoms with Crippen molar-refractivity contribution in [2.24, 2.45) is 0 Å². The quantitative estimate of drug-likeness (QED) is 0.717. The van der Waals surface area contributed by atoms with Crippen LogP contribution in [0.4, 0.5) is 0 Å². The Hall–Kier alpha value is 0.180. The zero-order valence-corrected chi connectivity index (χ0v) is 9.45. The number of benzene rings is 1. The maximum absolute atomic E-state index is 5.33. The van der Waals surface area contributed by atoms with Gasteiger partial charge in [-0.15, -0.1) is 0 Å². The molecule has 12 heavy (non-hydrogen) atoms. The SMILES string of the molecule is CCO[PH](=S)Sc1ccccc1. The molecule has 0 bridgehead atoms. The van der Waals surface area contributed by atoms with Crippen molar-refractivity contribution in [3.63, 3.8) is 0 Å². The molecule has 1 rings (SSSR count). The van der Waals surface area contributed by atoms with Gasteiger partial charge < -0.3 is 4.52 Å². The van der Waals surface area contributed by atoms with Crippen LogP contribution in [0.15, 0.2) is 35.2 Å². The average Bonchev–Trinajstić information content (AvgIpc) is 2.06. The van der Waals surface area contributed by atoms with E-state index in [1.807, 2.05) is 25.1 Å². The van der Waals surface area contributed by atoms with E-state index in [1.165, 1.54) is 4.90 Å². The van der Waals surface area contributed by atoms with E-state index in [9.17, 15) is 0 Å². The summed E-state index contributed by atoms with van der Waals surface area (Å²) < 4.78 is 5.33. The molecule has 0 aliphatic carbocycles. The lowest BCUT2D eigenvalue weighted by Crippen LogP contribution is -1.73. The highest BCUT2D eigenvalue weighted by Gasteiger charge is 1.95. The van der Waals surface area contributed by atoms with Crippen LogP contribution in [0.25, 0.3) is 0 Å². The van der Waals surface area contributed by atoms with E-state index < -0.39 is 6.13 Å². The molecule has 1 atom stereocenters. The van der Waals surface area contributed by atoms with E-state index in [-0.39, 0.29) is 0 Å². The number of hydrogen-bond acceptors (Lipinski definition) is 3. The molecule has 0 radical (unpaired) electrons. The third kappa shape index (κ3) is 3.72. The van der Waals surface area contributed by atoms with Gasteiger partial charge in [0.2, 0.25) is 0 Å². The van der Waals surface area contributed by atoms with Crippen LogP contribution in [0.5, 0.6) is 0 Å². The summed E-state index contributed by atoms with van der Waals surface area (Å²) in [6.07, 6.45) is -1.09. The molecule has 0 saturated heterocycles. The van der Waals surface area contributed by atoms with Gasteiger partial charge in [0.15, 0.2) is 0 Å². The first-order chi connectivity index (χ1) is 5.83. The van der Waals surface area contributed by atoms with E-state index in [0.29, 0.717) is 0 Å². The van der Waals surface area contributed by atoms with Gasteiger partial charge in [0.25, 0.3) is 0 Å². The predicted octanol–water partition coefficient (Wildman–Crippen LogP) is 3.32. The summed E-state index contributed by atoms with van der Waals surface area (Å²) in [7, 11) is 0. The first-order valence-electron chi connectivity index (χ1n) is 3.72. The average molecular weight is 218 g/mol. The Balaban J connectivity index is 2.47. The minimum atomic E-state index is -1.09. The van der Waals surface area contributed by atoms with E-state index in [1.54, 1.807) is 11.4 Å².